The van der Waals surface area contributed by atoms with Gasteiger partial charge in [0.2, 0.25) is 0 Å². The summed E-state index contributed by atoms with van der Waals surface area (Å²) >= 11 is 0. The molecule has 24 heavy (non-hydrogen) atoms. The molecule has 1 aliphatic heterocycles. The number of rotatable bonds is 7. The van der Waals surface area contributed by atoms with Crippen molar-refractivity contribution in [1.82, 2.24) is 15.5 Å². The SMILES string of the molecule is CCN(CC)[C@H](C)CNC(=O)NC[C@@H]1CCC2(CCOCC2)[C@H]1O. The molecule has 6 nitrogen and oxygen atoms in total. The van der Waals surface area contributed by atoms with Gasteiger partial charge >= 0.3 is 6.03 Å². The van der Waals surface area contributed by atoms with Crippen LogP contribution in [0.25, 0.3) is 0 Å². The third-order valence-electron chi connectivity index (χ3n) is 6.09. The van der Waals surface area contributed by atoms with Crippen LogP contribution < -0.4 is 10.6 Å². The van der Waals surface area contributed by atoms with Crippen molar-refractivity contribution in [3.8, 4) is 0 Å². The van der Waals surface area contributed by atoms with Gasteiger partial charge in [0.1, 0.15) is 0 Å². The molecule has 3 atom stereocenters. The number of hydrogen-bond acceptors (Lipinski definition) is 4. The largest absolute Gasteiger partial charge is 0.392 e. The van der Waals surface area contributed by atoms with Crippen LogP contribution in [0.2, 0.25) is 0 Å². The Morgan fingerprint density at radius 1 is 1.25 bits per heavy atom. The number of aliphatic hydroxyl groups excluding tert-OH is 1. The standard InChI is InChI=1S/C18H35N3O3/c1-4-21(5-2)14(3)12-19-17(23)20-13-15-6-7-18(16(15)22)8-10-24-11-9-18/h14-16,22H,4-13H2,1-3H3,(H2,19,20,23)/t14-,15+,16+/m1/s1. The van der Waals surface area contributed by atoms with Crippen LogP contribution in [0, 0.1) is 11.3 Å². The predicted molar refractivity (Wildman–Crippen MR) is 95.0 cm³/mol. The van der Waals surface area contributed by atoms with Crippen LogP contribution in [0.1, 0.15) is 46.5 Å². The zero-order valence-corrected chi connectivity index (χ0v) is 15.5. The first-order valence-electron chi connectivity index (χ1n) is 9.54. The third kappa shape index (κ3) is 4.61. The molecule has 1 saturated carbocycles. The second-order valence-electron chi connectivity index (χ2n) is 7.38. The third-order valence-corrected chi connectivity index (χ3v) is 6.09. The molecule has 0 radical (unpaired) electrons. The Kier molecular flexibility index (Phi) is 7.32. The summed E-state index contributed by atoms with van der Waals surface area (Å²) in [5.41, 5.74) is 0.0261. The number of ether oxygens (including phenoxy) is 1. The average Bonchev–Trinajstić information content (AvgIpc) is 2.89. The van der Waals surface area contributed by atoms with E-state index in [1.807, 2.05) is 0 Å². The van der Waals surface area contributed by atoms with E-state index < -0.39 is 0 Å². The topological polar surface area (TPSA) is 73.8 Å². The minimum atomic E-state index is -0.323. The molecule has 1 heterocycles. The molecular weight excluding hydrogens is 306 g/mol. The molecule has 3 N–H and O–H groups in total. The van der Waals surface area contributed by atoms with Gasteiger partial charge in [0.15, 0.2) is 0 Å². The highest BCUT2D eigenvalue weighted by atomic mass is 16.5. The van der Waals surface area contributed by atoms with Gasteiger partial charge in [-0.2, -0.15) is 0 Å². The van der Waals surface area contributed by atoms with Crippen molar-refractivity contribution in [1.29, 1.82) is 0 Å². The highest BCUT2D eigenvalue weighted by molar-refractivity contribution is 5.73. The number of nitrogens with zero attached hydrogens (tertiary/aromatic N) is 1. The first kappa shape index (κ1) is 19.5. The maximum absolute atomic E-state index is 12.0. The van der Waals surface area contributed by atoms with E-state index in [9.17, 15) is 9.90 Å². The quantitative estimate of drug-likeness (QED) is 0.657. The summed E-state index contributed by atoms with van der Waals surface area (Å²) < 4.78 is 5.44. The number of aliphatic hydroxyl groups is 1. The predicted octanol–water partition coefficient (Wildman–Crippen LogP) is 1.58. The maximum Gasteiger partial charge on any atom is 0.314 e. The van der Waals surface area contributed by atoms with Gasteiger partial charge in [-0.15, -0.1) is 0 Å². The number of likely N-dealkylation sites (N-methyl/N-ethyl adjacent to an activating group) is 1. The fourth-order valence-electron chi connectivity index (χ4n) is 4.32. The molecule has 0 aromatic rings. The monoisotopic (exact) mass is 341 g/mol. The molecule has 2 aliphatic rings. The van der Waals surface area contributed by atoms with E-state index in [0.717, 1.165) is 52.0 Å². The Morgan fingerprint density at radius 3 is 2.54 bits per heavy atom. The van der Waals surface area contributed by atoms with Gasteiger partial charge < -0.3 is 20.5 Å². The van der Waals surface area contributed by atoms with Gasteiger partial charge in [-0.3, -0.25) is 4.90 Å². The molecule has 2 rings (SSSR count). The van der Waals surface area contributed by atoms with Crippen molar-refractivity contribution in [2.24, 2.45) is 11.3 Å². The van der Waals surface area contributed by atoms with E-state index in [-0.39, 0.29) is 23.5 Å². The van der Waals surface area contributed by atoms with E-state index >= 15 is 0 Å². The maximum atomic E-state index is 12.0. The van der Waals surface area contributed by atoms with Crippen molar-refractivity contribution in [2.75, 3.05) is 39.4 Å². The Hall–Kier alpha value is -0.850. The summed E-state index contributed by atoms with van der Waals surface area (Å²) in [7, 11) is 0. The Labute approximate surface area is 146 Å². The van der Waals surface area contributed by atoms with E-state index in [1.54, 1.807) is 0 Å². The molecule has 1 spiro atoms. The zero-order chi connectivity index (χ0) is 17.6. The molecule has 1 saturated heterocycles. The first-order valence-corrected chi connectivity index (χ1v) is 9.54. The van der Waals surface area contributed by atoms with Crippen LogP contribution in [0.4, 0.5) is 4.79 Å². The number of carbonyl (C=O) groups is 1. The van der Waals surface area contributed by atoms with E-state index in [4.69, 9.17) is 4.74 Å². The van der Waals surface area contributed by atoms with Crippen LogP contribution in [0.15, 0.2) is 0 Å². The second kappa shape index (κ2) is 9.02. The fourth-order valence-corrected chi connectivity index (χ4v) is 4.32. The lowest BCUT2D eigenvalue weighted by Crippen LogP contribution is -2.47. The van der Waals surface area contributed by atoms with Crippen LogP contribution in [-0.4, -0.2) is 67.6 Å². The van der Waals surface area contributed by atoms with Crippen molar-refractivity contribution in [2.45, 2.75) is 58.6 Å². The summed E-state index contributed by atoms with van der Waals surface area (Å²) in [6.07, 6.45) is 3.59. The highest BCUT2D eigenvalue weighted by Gasteiger charge is 2.48. The van der Waals surface area contributed by atoms with Gasteiger partial charge in [0.05, 0.1) is 6.10 Å². The molecule has 2 amide bonds. The molecule has 0 aromatic heterocycles. The number of urea groups is 1. The molecule has 2 fully saturated rings. The Balaban J connectivity index is 1.70. The van der Waals surface area contributed by atoms with Crippen molar-refractivity contribution in [3.05, 3.63) is 0 Å². The summed E-state index contributed by atoms with van der Waals surface area (Å²) in [6, 6.07) is 0.197. The normalized spacial score (nSPS) is 27.4. The Morgan fingerprint density at radius 2 is 1.92 bits per heavy atom. The lowest BCUT2D eigenvalue weighted by molar-refractivity contribution is -0.0554. The zero-order valence-electron chi connectivity index (χ0n) is 15.5. The first-order chi connectivity index (χ1) is 11.5. The van der Waals surface area contributed by atoms with Crippen LogP contribution in [0.5, 0.6) is 0 Å². The van der Waals surface area contributed by atoms with E-state index in [0.29, 0.717) is 19.1 Å². The van der Waals surface area contributed by atoms with Gasteiger partial charge in [-0.1, -0.05) is 13.8 Å². The fraction of sp³-hybridized carbons (Fsp3) is 0.944. The van der Waals surface area contributed by atoms with E-state index in [1.165, 1.54) is 0 Å². The Bertz CT molecular complexity index is 395. The van der Waals surface area contributed by atoms with Gasteiger partial charge in [-0.05, 0) is 45.7 Å². The van der Waals surface area contributed by atoms with Crippen LogP contribution in [-0.2, 0) is 4.74 Å². The smallest absolute Gasteiger partial charge is 0.314 e. The lowest BCUT2D eigenvalue weighted by atomic mass is 9.76. The number of hydrogen-bond donors (Lipinski definition) is 3. The minimum absolute atomic E-state index is 0.0261. The summed E-state index contributed by atoms with van der Waals surface area (Å²) in [6.45, 7) is 11.1. The van der Waals surface area contributed by atoms with Crippen LogP contribution in [0.3, 0.4) is 0 Å². The van der Waals surface area contributed by atoms with E-state index in [2.05, 4.69) is 36.3 Å². The second-order valence-corrected chi connectivity index (χ2v) is 7.38. The summed E-state index contributed by atoms with van der Waals surface area (Å²) in [5, 5.41) is 16.6. The van der Waals surface area contributed by atoms with Gasteiger partial charge in [0.25, 0.3) is 0 Å². The molecule has 0 unspecified atom stereocenters. The molecule has 1 aliphatic carbocycles. The van der Waals surface area contributed by atoms with Gasteiger partial charge in [0, 0.05) is 43.7 Å². The summed E-state index contributed by atoms with van der Waals surface area (Å²) in [4.78, 5) is 14.4. The molecule has 0 aromatic carbocycles. The molecule has 6 heteroatoms. The highest BCUT2D eigenvalue weighted by Crippen LogP contribution is 2.48. The molecule has 140 valence electrons. The molecule has 0 bridgehead atoms. The van der Waals surface area contributed by atoms with Crippen molar-refractivity contribution in [3.63, 3.8) is 0 Å². The van der Waals surface area contributed by atoms with Gasteiger partial charge in [-0.25, -0.2) is 4.79 Å². The minimum Gasteiger partial charge on any atom is -0.392 e. The number of nitrogens with one attached hydrogen (secondary N) is 2. The lowest BCUT2D eigenvalue weighted by Gasteiger charge is -2.37. The number of amides is 2. The average molecular weight is 341 g/mol. The summed E-state index contributed by atoms with van der Waals surface area (Å²) in [5.74, 6) is 0.161. The van der Waals surface area contributed by atoms with Crippen molar-refractivity contribution < 1.29 is 14.6 Å². The van der Waals surface area contributed by atoms with Crippen molar-refractivity contribution >= 4 is 6.03 Å². The van der Waals surface area contributed by atoms with Crippen LogP contribution >= 0.6 is 0 Å². The molecular formula is C18H35N3O3. The number of carbonyl (C=O) groups excluding carboxylic acids is 1.